The van der Waals surface area contributed by atoms with Crippen molar-refractivity contribution in [2.24, 2.45) is 5.10 Å². The maximum atomic E-state index is 9.82. The molecule has 0 fully saturated rings. The Kier molecular flexibility index (Phi) is 5.02. The smallest absolute Gasteiger partial charge is 0.200 e. The van der Waals surface area contributed by atoms with Gasteiger partial charge in [-0.3, -0.25) is 5.43 Å². The first-order chi connectivity index (χ1) is 10.9. The van der Waals surface area contributed by atoms with Crippen molar-refractivity contribution in [2.45, 2.75) is 13.8 Å². The van der Waals surface area contributed by atoms with Crippen LogP contribution in [-0.2, 0) is 0 Å². The largest absolute Gasteiger partial charge is 0.504 e. The molecule has 120 valence electrons. The van der Waals surface area contributed by atoms with Crippen LogP contribution in [0.2, 0.25) is 0 Å². The van der Waals surface area contributed by atoms with Gasteiger partial charge in [0.05, 0.1) is 5.71 Å². The van der Waals surface area contributed by atoms with Crippen LogP contribution < -0.4 is 10.7 Å². The molecule has 23 heavy (non-hydrogen) atoms. The highest BCUT2D eigenvalue weighted by atomic mass is 32.1. The molecule has 0 heterocycles. The molecule has 0 aliphatic rings. The first-order valence-electron chi connectivity index (χ1n) is 6.81. The van der Waals surface area contributed by atoms with Crippen molar-refractivity contribution in [2.75, 3.05) is 5.32 Å². The Morgan fingerprint density at radius 3 is 2.43 bits per heavy atom. The number of hydrogen-bond acceptors (Lipinski definition) is 5. The monoisotopic (exact) mass is 331 g/mol. The fourth-order valence-corrected chi connectivity index (χ4v) is 2.07. The number of nitrogens with one attached hydrogen (secondary N) is 2. The molecule has 0 radical (unpaired) electrons. The van der Waals surface area contributed by atoms with Crippen molar-refractivity contribution in [3.05, 3.63) is 47.5 Å². The lowest BCUT2D eigenvalue weighted by molar-refractivity contribution is 0.367. The number of thiocarbonyl (C=S) groups is 1. The second kappa shape index (κ2) is 6.97. The van der Waals surface area contributed by atoms with Crippen LogP contribution in [0, 0.1) is 6.92 Å². The van der Waals surface area contributed by atoms with Crippen molar-refractivity contribution >= 4 is 28.7 Å². The van der Waals surface area contributed by atoms with Crippen molar-refractivity contribution in [3.8, 4) is 17.2 Å². The number of rotatable bonds is 3. The van der Waals surface area contributed by atoms with E-state index in [0.29, 0.717) is 10.8 Å². The number of hydrogen-bond donors (Lipinski definition) is 5. The maximum Gasteiger partial charge on any atom is 0.200 e. The second-order valence-electron chi connectivity index (χ2n) is 4.91. The maximum absolute atomic E-state index is 9.82. The Balaban J connectivity index is 2.09. The van der Waals surface area contributed by atoms with Crippen LogP contribution >= 0.6 is 12.2 Å². The number of aromatic hydroxyl groups is 3. The third-order valence-electron chi connectivity index (χ3n) is 3.24. The predicted molar refractivity (Wildman–Crippen MR) is 94.2 cm³/mol. The summed E-state index contributed by atoms with van der Waals surface area (Å²) in [4.78, 5) is 0. The van der Waals surface area contributed by atoms with E-state index in [4.69, 9.17) is 12.2 Å². The third-order valence-corrected chi connectivity index (χ3v) is 3.43. The van der Waals surface area contributed by atoms with E-state index in [0.717, 1.165) is 11.3 Å². The fourth-order valence-electron chi connectivity index (χ4n) is 1.92. The van der Waals surface area contributed by atoms with Gasteiger partial charge in [0.1, 0.15) is 0 Å². The zero-order valence-electron chi connectivity index (χ0n) is 12.7. The summed E-state index contributed by atoms with van der Waals surface area (Å²) in [6.45, 7) is 3.59. The molecule has 2 aromatic rings. The molecular formula is C16H17N3O3S. The van der Waals surface area contributed by atoms with Gasteiger partial charge in [0.25, 0.3) is 0 Å². The van der Waals surface area contributed by atoms with Gasteiger partial charge >= 0.3 is 0 Å². The molecule has 0 amide bonds. The van der Waals surface area contributed by atoms with Gasteiger partial charge < -0.3 is 20.6 Å². The molecule has 2 aromatic carbocycles. The zero-order valence-corrected chi connectivity index (χ0v) is 13.5. The highest BCUT2D eigenvalue weighted by Gasteiger charge is 2.13. The summed E-state index contributed by atoms with van der Waals surface area (Å²) in [6.07, 6.45) is 0. The number of aryl methyl sites for hydroxylation is 1. The Bertz CT molecular complexity index is 775. The summed E-state index contributed by atoms with van der Waals surface area (Å²) in [5.41, 5.74) is 5.25. The summed E-state index contributed by atoms with van der Waals surface area (Å²) in [5.74, 6) is -1.42. The number of benzene rings is 2. The lowest BCUT2D eigenvalue weighted by atomic mass is 10.1. The van der Waals surface area contributed by atoms with Crippen LogP contribution in [0.15, 0.2) is 41.5 Å². The molecule has 0 bridgehead atoms. The van der Waals surface area contributed by atoms with Gasteiger partial charge in [-0.1, -0.05) is 18.2 Å². The summed E-state index contributed by atoms with van der Waals surface area (Å²) >= 11 is 5.16. The lowest BCUT2D eigenvalue weighted by Crippen LogP contribution is -2.25. The standard InChI is InChI=1S/C16H17N3O3S/c1-9-5-3-4-6-12(9)17-16(23)19-18-10(2)11-7-8-13(20)15(22)14(11)21/h3-8,20-22H,1-2H3,(H2,17,19,23)/b18-10-. The molecule has 0 aromatic heterocycles. The zero-order chi connectivity index (χ0) is 17.0. The Hall–Kier alpha value is -2.80. The first kappa shape index (κ1) is 16.6. The molecule has 6 nitrogen and oxygen atoms in total. The minimum absolute atomic E-state index is 0.284. The predicted octanol–water partition coefficient (Wildman–Crippen LogP) is 2.82. The van der Waals surface area contributed by atoms with E-state index in [1.807, 2.05) is 31.2 Å². The lowest BCUT2D eigenvalue weighted by Gasteiger charge is -2.11. The van der Waals surface area contributed by atoms with Crippen LogP contribution in [0.1, 0.15) is 18.1 Å². The highest BCUT2D eigenvalue weighted by molar-refractivity contribution is 7.80. The third kappa shape index (κ3) is 3.89. The van der Waals surface area contributed by atoms with E-state index in [9.17, 15) is 15.3 Å². The molecule has 2 rings (SSSR count). The molecular weight excluding hydrogens is 314 g/mol. The van der Waals surface area contributed by atoms with E-state index < -0.39 is 17.2 Å². The highest BCUT2D eigenvalue weighted by Crippen LogP contribution is 2.37. The SMILES string of the molecule is C/C(=N/NC(=S)Nc1ccccc1C)c1ccc(O)c(O)c1O. The molecule has 0 saturated carbocycles. The van der Waals surface area contributed by atoms with Gasteiger partial charge in [0.15, 0.2) is 16.6 Å². The van der Waals surface area contributed by atoms with E-state index in [-0.39, 0.29) is 5.56 Å². The summed E-state index contributed by atoms with van der Waals surface area (Å²) in [5, 5.41) is 36.0. The fraction of sp³-hybridized carbons (Fsp3) is 0.125. The van der Waals surface area contributed by atoms with Gasteiger partial charge in [-0.25, -0.2) is 0 Å². The van der Waals surface area contributed by atoms with Crippen LogP contribution in [0.3, 0.4) is 0 Å². The van der Waals surface area contributed by atoms with E-state index >= 15 is 0 Å². The number of hydrazone groups is 1. The average Bonchev–Trinajstić information content (AvgIpc) is 2.53. The molecule has 0 unspecified atom stereocenters. The quantitative estimate of drug-likeness (QED) is 0.257. The molecule has 0 aliphatic carbocycles. The van der Waals surface area contributed by atoms with Crippen molar-refractivity contribution in [1.82, 2.24) is 5.43 Å². The van der Waals surface area contributed by atoms with Gasteiger partial charge in [-0.15, -0.1) is 0 Å². The van der Waals surface area contributed by atoms with Crippen LogP contribution in [-0.4, -0.2) is 26.1 Å². The number of anilines is 1. The molecule has 0 aliphatic heterocycles. The Morgan fingerprint density at radius 1 is 1.04 bits per heavy atom. The number of nitrogens with zero attached hydrogens (tertiary/aromatic N) is 1. The number of phenols is 3. The summed E-state index contributed by atoms with van der Waals surface area (Å²) < 4.78 is 0. The van der Waals surface area contributed by atoms with Crippen LogP contribution in [0.25, 0.3) is 0 Å². The Morgan fingerprint density at radius 2 is 1.74 bits per heavy atom. The van der Waals surface area contributed by atoms with Crippen LogP contribution in [0.4, 0.5) is 5.69 Å². The molecule has 5 N–H and O–H groups in total. The summed E-state index contributed by atoms with van der Waals surface area (Å²) in [7, 11) is 0. The minimum Gasteiger partial charge on any atom is -0.504 e. The van der Waals surface area contributed by atoms with Crippen molar-refractivity contribution in [1.29, 1.82) is 0 Å². The number of para-hydroxylation sites is 1. The number of phenolic OH excluding ortho intramolecular Hbond substituents is 3. The van der Waals surface area contributed by atoms with Crippen LogP contribution in [0.5, 0.6) is 17.2 Å². The topological polar surface area (TPSA) is 97.1 Å². The van der Waals surface area contributed by atoms with E-state index in [2.05, 4.69) is 15.8 Å². The van der Waals surface area contributed by atoms with E-state index in [1.54, 1.807) is 6.92 Å². The molecule has 0 atom stereocenters. The normalized spacial score (nSPS) is 11.1. The summed E-state index contributed by atoms with van der Waals surface area (Å²) in [6, 6.07) is 10.4. The average molecular weight is 331 g/mol. The molecule has 0 spiro atoms. The van der Waals surface area contributed by atoms with E-state index in [1.165, 1.54) is 12.1 Å². The van der Waals surface area contributed by atoms with Crippen molar-refractivity contribution < 1.29 is 15.3 Å². The van der Waals surface area contributed by atoms with Gasteiger partial charge in [0, 0.05) is 11.3 Å². The van der Waals surface area contributed by atoms with Gasteiger partial charge in [0.2, 0.25) is 5.75 Å². The molecule has 7 heteroatoms. The first-order valence-corrected chi connectivity index (χ1v) is 7.22. The molecule has 0 saturated heterocycles. The van der Waals surface area contributed by atoms with Gasteiger partial charge in [-0.05, 0) is 49.8 Å². The van der Waals surface area contributed by atoms with Crippen molar-refractivity contribution in [3.63, 3.8) is 0 Å². The second-order valence-corrected chi connectivity index (χ2v) is 5.32. The van der Waals surface area contributed by atoms with Gasteiger partial charge in [-0.2, -0.15) is 5.10 Å². The Labute approximate surface area is 139 Å². The minimum atomic E-state index is -0.585.